The summed E-state index contributed by atoms with van der Waals surface area (Å²) in [7, 11) is 1.93. The second kappa shape index (κ2) is 5.24. The van der Waals surface area contributed by atoms with E-state index in [-0.39, 0.29) is 12.6 Å². The normalized spacial score (nSPS) is 13.2. The Bertz CT molecular complexity index is 278. The summed E-state index contributed by atoms with van der Waals surface area (Å²) < 4.78 is 0. The van der Waals surface area contributed by atoms with Gasteiger partial charge in [0, 0.05) is 12.6 Å². The minimum atomic E-state index is 0.118. The highest BCUT2D eigenvalue weighted by Gasteiger charge is 2.08. The molecule has 1 unspecified atom stereocenters. The molecule has 1 atom stereocenters. The van der Waals surface area contributed by atoms with E-state index in [1.165, 1.54) is 6.20 Å². The van der Waals surface area contributed by atoms with E-state index in [2.05, 4.69) is 9.97 Å². The molecule has 0 spiro atoms. The van der Waals surface area contributed by atoms with Crippen LogP contribution in [0.25, 0.3) is 0 Å². The molecule has 1 rings (SSSR count). The van der Waals surface area contributed by atoms with Gasteiger partial charge in [0.05, 0.1) is 24.7 Å². The average molecular weight is 216 g/mol. The van der Waals surface area contributed by atoms with Gasteiger partial charge in [0.25, 0.3) is 0 Å². The first-order valence-corrected chi connectivity index (χ1v) is 4.78. The average Bonchev–Trinajstić information content (AvgIpc) is 2.20. The number of aliphatic hydroxyl groups excluding tert-OH is 1. The molecule has 1 N–H and O–H groups in total. The Morgan fingerprint density at radius 3 is 2.71 bits per heavy atom. The summed E-state index contributed by atoms with van der Waals surface area (Å²) in [6.45, 7) is 2.74. The zero-order valence-corrected chi connectivity index (χ0v) is 9.07. The van der Waals surface area contributed by atoms with Gasteiger partial charge in [-0.05, 0) is 14.0 Å². The lowest BCUT2D eigenvalue weighted by Crippen LogP contribution is -2.31. The quantitative estimate of drug-likeness (QED) is 0.813. The highest BCUT2D eigenvalue weighted by Crippen LogP contribution is 2.05. The van der Waals surface area contributed by atoms with Crippen molar-refractivity contribution in [3.63, 3.8) is 0 Å². The lowest BCUT2D eigenvalue weighted by atomic mass is 10.3. The molecule has 0 bridgehead atoms. The van der Waals surface area contributed by atoms with E-state index in [0.717, 1.165) is 5.69 Å². The number of nitrogens with zero attached hydrogens (tertiary/aromatic N) is 3. The van der Waals surface area contributed by atoms with Crippen LogP contribution in [0.5, 0.6) is 0 Å². The van der Waals surface area contributed by atoms with Crippen LogP contribution in [-0.4, -0.2) is 39.7 Å². The Balaban J connectivity index is 2.56. The maximum Gasteiger partial charge on any atom is 0.147 e. The summed E-state index contributed by atoms with van der Waals surface area (Å²) >= 11 is 5.61. The Morgan fingerprint density at radius 2 is 2.21 bits per heavy atom. The van der Waals surface area contributed by atoms with Gasteiger partial charge in [-0.15, -0.1) is 0 Å². The first-order chi connectivity index (χ1) is 6.63. The number of likely N-dealkylation sites (N-methyl/N-ethyl adjacent to an activating group) is 1. The zero-order chi connectivity index (χ0) is 10.6. The molecule has 0 aliphatic heterocycles. The third-order valence-electron chi connectivity index (χ3n) is 2.10. The van der Waals surface area contributed by atoms with Gasteiger partial charge >= 0.3 is 0 Å². The van der Waals surface area contributed by atoms with E-state index >= 15 is 0 Å². The Morgan fingerprint density at radius 1 is 1.50 bits per heavy atom. The highest BCUT2D eigenvalue weighted by molar-refractivity contribution is 6.29. The van der Waals surface area contributed by atoms with Gasteiger partial charge in [-0.2, -0.15) is 0 Å². The van der Waals surface area contributed by atoms with Crippen LogP contribution >= 0.6 is 11.6 Å². The molecule has 5 heteroatoms. The van der Waals surface area contributed by atoms with Crippen LogP contribution in [0.1, 0.15) is 12.6 Å². The molecule has 0 saturated carbocycles. The van der Waals surface area contributed by atoms with Crippen molar-refractivity contribution in [1.29, 1.82) is 0 Å². The largest absolute Gasteiger partial charge is 0.395 e. The molecule has 1 heterocycles. The van der Waals surface area contributed by atoms with E-state index < -0.39 is 0 Å². The van der Waals surface area contributed by atoms with Crippen molar-refractivity contribution >= 4 is 11.6 Å². The summed E-state index contributed by atoms with van der Waals surface area (Å²) in [5.41, 5.74) is 0.845. The predicted octanol–water partition coefficient (Wildman–Crippen LogP) is 0.943. The van der Waals surface area contributed by atoms with Crippen LogP contribution in [0, 0.1) is 0 Å². The van der Waals surface area contributed by atoms with Crippen molar-refractivity contribution in [1.82, 2.24) is 14.9 Å². The lowest BCUT2D eigenvalue weighted by Gasteiger charge is -2.21. The molecule has 1 aromatic heterocycles. The molecule has 0 fully saturated rings. The molecule has 0 radical (unpaired) electrons. The number of hydrogen-bond donors (Lipinski definition) is 1. The van der Waals surface area contributed by atoms with Gasteiger partial charge in [-0.1, -0.05) is 11.6 Å². The van der Waals surface area contributed by atoms with Crippen LogP contribution in [0.4, 0.5) is 0 Å². The maximum absolute atomic E-state index is 8.93. The van der Waals surface area contributed by atoms with Gasteiger partial charge < -0.3 is 5.11 Å². The molecule has 0 aliphatic carbocycles. The second-order valence-electron chi connectivity index (χ2n) is 3.28. The maximum atomic E-state index is 8.93. The van der Waals surface area contributed by atoms with Gasteiger partial charge in [0.1, 0.15) is 5.15 Å². The topological polar surface area (TPSA) is 49.2 Å². The van der Waals surface area contributed by atoms with Crippen LogP contribution in [0.15, 0.2) is 12.4 Å². The fourth-order valence-electron chi connectivity index (χ4n) is 0.971. The van der Waals surface area contributed by atoms with E-state index in [0.29, 0.717) is 11.7 Å². The third kappa shape index (κ3) is 3.21. The molecule has 4 nitrogen and oxygen atoms in total. The molecule has 78 valence electrons. The van der Waals surface area contributed by atoms with Crippen molar-refractivity contribution in [2.45, 2.75) is 19.5 Å². The van der Waals surface area contributed by atoms with Crippen LogP contribution in [-0.2, 0) is 6.54 Å². The predicted molar refractivity (Wildman–Crippen MR) is 55.1 cm³/mol. The number of halogens is 1. The number of rotatable bonds is 4. The van der Waals surface area contributed by atoms with Crippen molar-refractivity contribution in [2.24, 2.45) is 0 Å². The van der Waals surface area contributed by atoms with Gasteiger partial charge in [0.2, 0.25) is 0 Å². The number of hydrogen-bond acceptors (Lipinski definition) is 4. The molecule has 0 aliphatic rings. The van der Waals surface area contributed by atoms with E-state index in [9.17, 15) is 0 Å². The van der Waals surface area contributed by atoms with Crippen LogP contribution in [0.3, 0.4) is 0 Å². The Labute approximate surface area is 88.6 Å². The van der Waals surface area contributed by atoms with Crippen molar-refractivity contribution < 1.29 is 5.11 Å². The number of aromatic nitrogens is 2. The fourth-order valence-corrected chi connectivity index (χ4v) is 1.07. The lowest BCUT2D eigenvalue weighted by molar-refractivity contribution is 0.152. The van der Waals surface area contributed by atoms with E-state index in [1.807, 2.05) is 18.9 Å². The van der Waals surface area contributed by atoms with Crippen molar-refractivity contribution in [3.8, 4) is 0 Å². The monoisotopic (exact) mass is 215 g/mol. The molecular weight excluding hydrogens is 202 g/mol. The van der Waals surface area contributed by atoms with Crippen molar-refractivity contribution in [2.75, 3.05) is 13.7 Å². The summed E-state index contributed by atoms with van der Waals surface area (Å²) in [6, 6.07) is 0.118. The third-order valence-corrected chi connectivity index (χ3v) is 2.30. The second-order valence-corrected chi connectivity index (χ2v) is 3.66. The summed E-state index contributed by atoms with van der Waals surface area (Å²) in [5, 5.41) is 9.32. The van der Waals surface area contributed by atoms with Gasteiger partial charge in [-0.25, -0.2) is 4.98 Å². The smallest absolute Gasteiger partial charge is 0.147 e. The molecule has 0 amide bonds. The summed E-state index contributed by atoms with van der Waals surface area (Å²) in [5.74, 6) is 0. The SMILES string of the molecule is CC(CO)N(C)Cc1cnc(Cl)cn1. The molecule has 14 heavy (non-hydrogen) atoms. The van der Waals surface area contributed by atoms with Gasteiger partial charge in [-0.3, -0.25) is 9.88 Å². The van der Waals surface area contributed by atoms with Crippen molar-refractivity contribution in [3.05, 3.63) is 23.2 Å². The van der Waals surface area contributed by atoms with Crippen LogP contribution < -0.4 is 0 Å². The summed E-state index contributed by atoms with van der Waals surface area (Å²) in [4.78, 5) is 10.0. The zero-order valence-electron chi connectivity index (χ0n) is 8.31. The number of aliphatic hydroxyl groups is 1. The molecule has 1 aromatic rings. The highest BCUT2D eigenvalue weighted by atomic mass is 35.5. The Kier molecular flexibility index (Phi) is 4.25. The first kappa shape index (κ1) is 11.4. The molecular formula is C9H14ClN3O. The minimum Gasteiger partial charge on any atom is -0.395 e. The molecule has 0 saturated heterocycles. The first-order valence-electron chi connectivity index (χ1n) is 4.41. The van der Waals surface area contributed by atoms with Gasteiger partial charge in [0.15, 0.2) is 0 Å². The minimum absolute atomic E-state index is 0.118. The molecule has 0 aromatic carbocycles. The fraction of sp³-hybridized carbons (Fsp3) is 0.556. The summed E-state index contributed by atoms with van der Waals surface area (Å²) in [6.07, 6.45) is 3.16. The van der Waals surface area contributed by atoms with Crippen LogP contribution in [0.2, 0.25) is 5.15 Å². The standard InChI is InChI=1S/C9H14ClN3O/c1-7(6-14)13(2)5-8-3-12-9(10)4-11-8/h3-4,7,14H,5-6H2,1-2H3. The Hall–Kier alpha value is -0.710. The van der Waals surface area contributed by atoms with E-state index in [1.54, 1.807) is 6.20 Å². The van der Waals surface area contributed by atoms with E-state index in [4.69, 9.17) is 16.7 Å².